The molecule has 4 rings (SSSR count). The minimum absolute atomic E-state index is 0.286. The summed E-state index contributed by atoms with van der Waals surface area (Å²) in [6, 6.07) is 21.3. The van der Waals surface area contributed by atoms with Gasteiger partial charge in [0.2, 0.25) is 0 Å². The molecule has 0 saturated heterocycles. The number of aromatic nitrogens is 2. The average molecular weight is 385 g/mol. The van der Waals surface area contributed by atoms with Crippen LogP contribution in [0.15, 0.2) is 83.8 Å². The highest BCUT2D eigenvalue weighted by Crippen LogP contribution is 2.27. The Balaban J connectivity index is 1.87. The molecule has 0 aliphatic heterocycles. The van der Waals surface area contributed by atoms with E-state index in [2.05, 4.69) is 10.3 Å². The van der Waals surface area contributed by atoms with Gasteiger partial charge in [-0.3, -0.25) is 14.2 Å². The summed E-state index contributed by atoms with van der Waals surface area (Å²) in [5.41, 5.74) is 0.807. The third kappa shape index (κ3) is 3.36. The van der Waals surface area contributed by atoms with E-state index >= 15 is 0 Å². The number of nitrogens with one attached hydrogen (secondary N) is 1. The molecule has 4 aromatic rings. The van der Waals surface area contributed by atoms with Crippen LogP contribution in [0.4, 0.5) is 0 Å². The fraction of sp³-hybridized carbons (Fsp3) is 0.0870. The zero-order valence-electron chi connectivity index (χ0n) is 15.7. The van der Waals surface area contributed by atoms with Crippen molar-refractivity contribution >= 4 is 16.9 Å². The Hall–Kier alpha value is -3.93. The lowest BCUT2D eigenvalue weighted by Gasteiger charge is -2.17. The third-order valence-electron chi connectivity index (χ3n) is 4.80. The zero-order valence-corrected chi connectivity index (χ0v) is 15.7. The molecule has 0 saturated carbocycles. The molecule has 0 fully saturated rings. The van der Waals surface area contributed by atoms with E-state index in [0.29, 0.717) is 11.1 Å². The molecule has 29 heavy (non-hydrogen) atoms. The number of hydrogen-bond acceptors (Lipinski definition) is 4. The van der Waals surface area contributed by atoms with Crippen LogP contribution in [0.1, 0.15) is 28.9 Å². The summed E-state index contributed by atoms with van der Waals surface area (Å²) in [4.78, 5) is 30.5. The number of aromatic hydroxyl groups is 1. The minimum Gasteiger partial charge on any atom is -0.506 e. The predicted molar refractivity (Wildman–Crippen MR) is 111 cm³/mol. The van der Waals surface area contributed by atoms with Crippen LogP contribution in [0, 0.1) is 0 Å². The van der Waals surface area contributed by atoms with Gasteiger partial charge < -0.3 is 10.4 Å². The smallest absolute Gasteiger partial charge is 0.273 e. The van der Waals surface area contributed by atoms with Gasteiger partial charge in [0.15, 0.2) is 5.65 Å². The van der Waals surface area contributed by atoms with Crippen molar-refractivity contribution in [1.29, 1.82) is 0 Å². The van der Waals surface area contributed by atoms with Gasteiger partial charge in [-0.2, -0.15) is 0 Å². The van der Waals surface area contributed by atoms with E-state index in [1.54, 1.807) is 36.4 Å². The fourth-order valence-electron chi connectivity index (χ4n) is 3.32. The minimum atomic E-state index is -0.640. The number of hydrogen-bond donors (Lipinski definition) is 2. The van der Waals surface area contributed by atoms with Crippen molar-refractivity contribution in [2.75, 3.05) is 0 Å². The van der Waals surface area contributed by atoms with Gasteiger partial charge in [0.05, 0.1) is 17.1 Å². The lowest BCUT2D eigenvalue weighted by Crippen LogP contribution is -2.34. The molecular formula is C23H19N3O3. The van der Waals surface area contributed by atoms with E-state index in [-0.39, 0.29) is 23.0 Å². The summed E-state index contributed by atoms with van der Waals surface area (Å²) in [6.45, 7) is 1.82. The zero-order chi connectivity index (χ0) is 20.4. The lowest BCUT2D eigenvalue weighted by atomic mass is 10.1. The normalized spacial score (nSPS) is 11.9. The molecule has 0 spiro atoms. The largest absolute Gasteiger partial charge is 0.506 e. The SMILES string of the molecule is C[C@H](NC(=O)c1c(O)c2cccnc2n(-c2ccccc2)c1=O)c1ccccc1. The topological polar surface area (TPSA) is 84.2 Å². The molecule has 1 atom stereocenters. The van der Waals surface area contributed by atoms with E-state index in [1.807, 2.05) is 43.3 Å². The van der Waals surface area contributed by atoms with E-state index in [1.165, 1.54) is 10.8 Å². The molecule has 2 aromatic heterocycles. The van der Waals surface area contributed by atoms with Gasteiger partial charge >= 0.3 is 0 Å². The Bertz CT molecular complexity index is 1230. The number of amides is 1. The van der Waals surface area contributed by atoms with Gasteiger partial charge in [-0.25, -0.2) is 4.98 Å². The van der Waals surface area contributed by atoms with Gasteiger partial charge in [-0.1, -0.05) is 48.5 Å². The van der Waals surface area contributed by atoms with Gasteiger partial charge in [0.1, 0.15) is 11.3 Å². The highest BCUT2D eigenvalue weighted by molar-refractivity contribution is 6.02. The molecule has 1 amide bonds. The standard InChI is InChI=1S/C23H19N3O3/c1-15(16-9-4-2-5-10-16)25-22(28)19-20(27)18-13-8-14-24-21(18)26(23(19)29)17-11-6-3-7-12-17/h2-15,27H,1H3,(H,25,28)/t15-/m0/s1. The molecule has 2 aromatic carbocycles. The Morgan fingerprint density at radius 3 is 2.34 bits per heavy atom. The monoisotopic (exact) mass is 385 g/mol. The number of carbonyl (C=O) groups is 1. The second-order valence-corrected chi connectivity index (χ2v) is 6.68. The van der Waals surface area contributed by atoms with Gasteiger partial charge in [0.25, 0.3) is 11.5 Å². The first-order valence-electron chi connectivity index (χ1n) is 9.22. The molecule has 0 bridgehead atoms. The van der Waals surface area contributed by atoms with E-state index in [0.717, 1.165) is 5.56 Å². The number of fused-ring (bicyclic) bond motifs is 1. The Morgan fingerprint density at radius 2 is 1.66 bits per heavy atom. The number of para-hydroxylation sites is 1. The molecule has 0 radical (unpaired) electrons. The van der Waals surface area contributed by atoms with Crippen LogP contribution >= 0.6 is 0 Å². The quantitative estimate of drug-likeness (QED) is 0.562. The summed E-state index contributed by atoms with van der Waals surface area (Å²) in [6.07, 6.45) is 1.54. The molecule has 2 heterocycles. The number of rotatable bonds is 4. The molecule has 6 heteroatoms. The molecule has 0 aliphatic carbocycles. The van der Waals surface area contributed by atoms with Crippen molar-refractivity contribution in [2.45, 2.75) is 13.0 Å². The molecule has 144 valence electrons. The van der Waals surface area contributed by atoms with Crippen LogP contribution < -0.4 is 10.9 Å². The van der Waals surface area contributed by atoms with E-state index < -0.39 is 11.5 Å². The van der Waals surface area contributed by atoms with Crippen molar-refractivity contribution in [2.24, 2.45) is 0 Å². The van der Waals surface area contributed by atoms with Gasteiger partial charge in [0, 0.05) is 6.20 Å². The first kappa shape index (κ1) is 18.4. The van der Waals surface area contributed by atoms with Crippen LogP contribution in [0.5, 0.6) is 5.75 Å². The van der Waals surface area contributed by atoms with E-state index in [9.17, 15) is 14.7 Å². The fourth-order valence-corrected chi connectivity index (χ4v) is 3.32. The number of benzene rings is 2. The maximum atomic E-state index is 13.3. The summed E-state index contributed by atoms with van der Waals surface area (Å²) >= 11 is 0. The van der Waals surface area contributed by atoms with Crippen molar-refractivity contribution in [1.82, 2.24) is 14.9 Å². The van der Waals surface area contributed by atoms with Crippen molar-refractivity contribution in [3.63, 3.8) is 0 Å². The first-order chi connectivity index (χ1) is 14.1. The summed E-state index contributed by atoms with van der Waals surface area (Å²) in [5, 5.41) is 13.9. The third-order valence-corrected chi connectivity index (χ3v) is 4.80. The number of nitrogens with zero attached hydrogens (tertiary/aromatic N) is 2. The van der Waals surface area contributed by atoms with Crippen LogP contribution in [-0.4, -0.2) is 20.6 Å². The number of pyridine rings is 2. The second kappa shape index (κ2) is 7.59. The Labute approximate surface area is 167 Å². The first-order valence-corrected chi connectivity index (χ1v) is 9.22. The average Bonchev–Trinajstić information content (AvgIpc) is 2.75. The van der Waals surface area contributed by atoms with E-state index in [4.69, 9.17) is 0 Å². The highest BCUT2D eigenvalue weighted by atomic mass is 16.3. The van der Waals surface area contributed by atoms with Crippen LogP contribution in [0.2, 0.25) is 0 Å². The van der Waals surface area contributed by atoms with Crippen LogP contribution in [0.3, 0.4) is 0 Å². The Kier molecular flexibility index (Phi) is 4.83. The summed E-state index contributed by atoms with van der Waals surface area (Å²) < 4.78 is 1.34. The van der Waals surface area contributed by atoms with Gasteiger partial charge in [-0.15, -0.1) is 0 Å². The summed E-state index contributed by atoms with van der Waals surface area (Å²) in [7, 11) is 0. The van der Waals surface area contributed by atoms with Crippen molar-refractivity contribution in [3.05, 3.63) is 100 Å². The molecule has 0 unspecified atom stereocenters. The number of carbonyl (C=O) groups excluding carboxylic acids is 1. The van der Waals surface area contributed by atoms with Crippen LogP contribution in [0.25, 0.3) is 16.7 Å². The summed E-state index contributed by atoms with van der Waals surface area (Å²) in [5.74, 6) is -1.01. The highest BCUT2D eigenvalue weighted by Gasteiger charge is 2.24. The predicted octanol–water partition coefficient (Wildman–Crippen LogP) is 3.58. The lowest BCUT2D eigenvalue weighted by molar-refractivity contribution is 0.0935. The second-order valence-electron chi connectivity index (χ2n) is 6.68. The van der Waals surface area contributed by atoms with Gasteiger partial charge in [-0.05, 0) is 36.8 Å². The Morgan fingerprint density at radius 1 is 1.00 bits per heavy atom. The van der Waals surface area contributed by atoms with Crippen molar-refractivity contribution in [3.8, 4) is 11.4 Å². The molecule has 6 nitrogen and oxygen atoms in total. The maximum absolute atomic E-state index is 13.3. The molecule has 2 N–H and O–H groups in total. The molecule has 0 aliphatic rings. The molecular weight excluding hydrogens is 366 g/mol. The van der Waals surface area contributed by atoms with Crippen LogP contribution in [-0.2, 0) is 0 Å². The maximum Gasteiger partial charge on any atom is 0.273 e. The van der Waals surface area contributed by atoms with Crippen molar-refractivity contribution < 1.29 is 9.90 Å².